The summed E-state index contributed by atoms with van der Waals surface area (Å²) >= 11 is 5.87. The third-order valence-electron chi connectivity index (χ3n) is 3.58. The Hall–Kier alpha value is -2.07. The summed E-state index contributed by atoms with van der Waals surface area (Å²) in [5.41, 5.74) is 2.41. The average Bonchev–Trinajstić information content (AvgIpc) is 2.53. The van der Waals surface area contributed by atoms with Crippen molar-refractivity contribution in [2.45, 2.75) is 12.8 Å². The Morgan fingerprint density at radius 3 is 2.95 bits per heavy atom. The van der Waals surface area contributed by atoms with Crippen LogP contribution in [-0.4, -0.2) is 24.5 Å². The summed E-state index contributed by atoms with van der Waals surface area (Å²) in [4.78, 5) is 18.5. The van der Waals surface area contributed by atoms with Gasteiger partial charge in [-0.1, -0.05) is 17.7 Å². The monoisotopic (exact) mass is 302 g/mol. The summed E-state index contributed by atoms with van der Waals surface area (Å²) < 4.78 is 5.24. The van der Waals surface area contributed by atoms with Gasteiger partial charge >= 0.3 is 0 Å². The Morgan fingerprint density at radius 2 is 2.19 bits per heavy atom. The Labute approximate surface area is 128 Å². The quantitative estimate of drug-likeness (QED) is 0.799. The first kappa shape index (κ1) is 13.9. The standard InChI is InChI=1S/C16H15ClN2O2/c1-21-12-7-8-14-11(10-12)4-3-9-19(14)16(20)13-5-2-6-15(17)18-13/h2,5-8,10H,3-4,9H2,1H3. The normalized spacial score (nSPS) is 13.7. The lowest BCUT2D eigenvalue weighted by molar-refractivity contribution is 0.0980. The molecule has 1 aliphatic heterocycles. The number of methoxy groups -OCH3 is 1. The fourth-order valence-electron chi connectivity index (χ4n) is 2.58. The van der Waals surface area contributed by atoms with Gasteiger partial charge in [-0.2, -0.15) is 0 Å². The average molecular weight is 303 g/mol. The lowest BCUT2D eigenvalue weighted by Gasteiger charge is -2.29. The maximum atomic E-state index is 12.6. The maximum absolute atomic E-state index is 12.6. The number of amides is 1. The van der Waals surface area contributed by atoms with Crippen molar-refractivity contribution < 1.29 is 9.53 Å². The number of benzene rings is 1. The van der Waals surface area contributed by atoms with E-state index >= 15 is 0 Å². The maximum Gasteiger partial charge on any atom is 0.276 e. The van der Waals surface area contributed by atoms with Gasteiger partial charge in [0, 0.05) is 12.2 Å². The minimum absolute atomic E-state index is 0.122. The van der Waals surface area contributed by atoms with Crippen LogP contribution in [0.25, 0.3) is 0 Å². The summed E-state index contributed by atoms with van der Waals surface area (Å²) in [5, 5.41) is 0.327. The van der Waals surface area contributed by atoms with Crippen LogP contribution in [0.4, 0.5) is 5.69 Å². The van der Waals surface area contributed by atoms with Crippen molar-refractivity contribution in [1.82, 2.24) is 4.98 Å². The van der Waals surface area contributed by atoms with E-state index in [-0.39, 0.29) is 5.91 Å². The zero-order valence-corrected chi connectivity index (χ0v) is 12.4. The van der Waals surface area contributed by atoms with E-state index in [4.69, 9.17) is 16.3 Å². The molecule has 1 aliphatic rings. The minimum atomic E-state index is -0.122. The van der Waals surface area contributed by atoms with E-state index in [2.05, 4.69) is 4.98 Å². The number of rotatable bonds is 2. The molecule has 5 heteroatoms. The van der Waals surface area contributed by atoms with Gasteiger partial charge in [0.05, 0.1) is 7.11 Å². The van der Waals surface area contributed by atoms with Gasteiger partial charge in [0.1, 0.15) is 16.6 Å². The highest BCUT2D eigenvalue weighted by atomic mass is 35.5. The largest absolute Gasteiger partial charge is 0.497 e. The molecule has 0 fully saturated rings. The number of nitrogens with zero attached hydrogens (tertiary/aromatic N) is 2. The van der Waals surface area contributed by atoms with Crippen LogP contribution in [0.5, 0.6) is 5.75 Å². The summed E-state index contributed by atoms with van der Waals surface area (Å²) in [6.07, 6.45) is 1.87. The van der Waals surface area contributed by atoms with Gasteiger partial charge in [0.2, 0.25) is 0 Å². The Morgan fingerprint density at radius 1 is 1.33 bits per heavy atom. The Bertz CT molecular complexity index is 688. The molecule has 0 aliphatic carbocycles. The van der Waals surface area contributed by atoms with Crippen LogP contribution < -0.4 is 9.64 Å². The molecule has 3 rings (SSSR count). The number of hydrogen-bond acceptors (Lipinski definition) is 3. The van der Waals surface area contributed by atoms with Crippen LogP contribution in [0, 0.1) is 0 Å². The predicted octanol–water partition coefficient (Wildman–Crippen LogP) is 3.34. The van der Waals surface area contributed by atoms with Gasteiger partial charge in [-0.15, -0.1) is 0 Å². The Balaban J connectivity index is 1.96. The van der Waals surface area contributed by atoms with Crippen LogP contribution in [-0.2, 0) is 6.42 Å². The van der Waals surface area contributed by atoms with Gasteiger partial charge in [0.25, 0.3) is 5.91 Å². The lowest BCUT2D eigenvalue weighted by atomic mass is 10.0. The molecule has 4 nitrogen and oxygen atoms in total. The molecule has 0 radical (unpaired) electrons. The van der Waals surface area contributed by atoms with Crippen molar-refractivity contribution in [3.05, 3.63) is 52.8 Å². The highest BCUT2D eigenvalue weighted by Gasteiger charge is 2.24. The summed E-state index contributed by atoms with van der Waals surface area (Å²) in [6.45, 7) is 0.687. The highest BCUT2D eigenvalue weighted by molar-refractivity contribution is 6.29. The number of aromatic nitrogens is 1. The molecule has 0 saturated carbocycles. The number of aryl methyl sites for hydroxylation is 1. The van der Waals surface area contributed by atoms with E-state index < -0.39 is 0 Å². The SMILES string of the molecule is COc1ccc2c(c1)CCCN2C(=O)c1cccc(Cl)n1. The van der Waals surface area contributed by atoms with Gasteiger partial charge in [-0.05, 0) is 48.7 Å². The zero-order valence-electron chi connectivity index (χ0n) is 11.7. The molecular formula is C16H15ClN2O2. The molecule has 108 valence electrons. The number of carbonyl (C=O) groups excluding carboxylic acids is 1. The van der Waals surface area contributed by atoms with Gasteiger partial charge in [-0.25, -0.2) is 4.98 Å². The Kier molecular flexibility index (Phi) is 3.80. The molecule has 0 N–H and O–H groups in total. The van der Waals surface area contributed by atoms with E-state index in [0.717, 1.165) is 29.8 Å². The highest BCUT2D eigenvalue weighted by Crippen LogP contribution is 2.31. The number of anilines is 1. The molecule has 2 heterocycles. The fourth-order valence-corrected chi connectivity index (χ4v) is 2.74. The van der Waals surface area contributed by atoms with E-state index in [1.165, 1.54) is 0 Å². The van der Waals surface area contributed by atoms with Crippen molar-refractivity contribution in [2.24, 2.45) is 0 Å². The van der Waals surface area contributed by atoms with Crippen LogP contribution in [0.3, 0.4) is 0 Å². The third kappa shape index (κ3) is 2.72. The second-order valence-corrected chi connectivity index (χ2v) is 5.29. The van der Waals surface area contributed by atoms with E-state index in [1.807, 2.05) is 18.2 Å². The van der Waals surface area contributed by atoms with Gasteiger partial charge in [0.15, 0.2) is 0 Å². The fraction of sp³-hybridized carbons (Fsp3) is 0.250. The van der Waals surface area contributed by atoms with Crippen LogP contribution in [0.1, 0.15) is 22.5 Å². The number of ether oxygens (including phenoxy) is 1. The summed E-state index contributed by atoms with van der Waals surface area (Å²) in [5.74, 6) is 0.688. The molecule has 21 heavy (non-hydrogen) atoms. The minimum Gasteiger partial charge on any atom is -0.497 e. The number of halogens is 1. The smallest absolute Gasteiger partial charge is 0.276 e. The van der Waals surface area contributed by atoms with Crippen LogP contribution in [0.15, 0.2) is 36.4 Å². The number of hydrogen-bond donors (Lipinski definition) is 0. The molecule has 1 aromatic carbocycles. The first-order chi connectivity index (χ1) is 10.2. The van der Waals surface area contributed by atoms with Crippen LogP contribution >= 0.6 is 11.6 Å². The number of carbonyl (C=O) groups is 1. The molecule has 2 aromatic rings. The molecule has 0 unspecified atom stereocenters. The first-order valence-electron chi connectivity index (χ1n) is 6.80. The number of pyridine rings is 1. The summed E-state index contributed by atoms with van der Waals surface area (Å²) in [6, 6.07) is 10.9. The first-order valence-corrected chi connectivity index (χ1v) is 7.18. The molecule has 1 aromatic heterocycles. The molecule has 0 saturated heterocycles. The van der Waals surface area contributed by atoms with Gasteiger partial charge in [-0.3, -0.25) is 4.79 Å². The van der Waals surface area contributed by atoms with Crippen molar-refractivity contribution in [3.63, 3.8) is 0 Å². The van der Waals surface area contributed by atoms with E-state index in [0.29, 0.717) is 17.4 Å². The molecule has 1 amide bonds. The van der Waals surface area contributed by atoms with E-state index in [1.54, 1.807) is 30.2 Å². The number of fused-ring (bicyclic) bond motifs is 1. The predicted molar refractivity (Wildman–Crippen MR) is 82.2 cm³/mol. The molecular weight excluding hydrogens is 288 g/mol. The van der Waals surface area contributed by atoms with Crippen LogP contribution in [0.2, 0.25) is 5.15 Å². The topological polar surface area (TPSA) is 42.4 Å². The zero-order chi connectivity index (χ0) is 14.8. The molecule has 0 spiro atoms. The third-order valence-corrected chi connectivity index (χ3v) is 3.80. The summed E-state index contributed by atoms with van der Waals surface area (Å²) in [7, 11) is 1.64. The second kappa shape index (κ2) is 5.74. The van der Waals surface area contributed by atoms with Crippen molar-refractivity contribution in [2.75, 3.05) is 18.6 Å². The van der Waals surface area contributed by atoms with Gasteiger partial charge < -0.3 is 9.64 Å². The second-order valence-electron chi connectivity index (χ2n) is 4.90. The molecule has 0 bridgehead atoms. The lowest BCUT2D eigenvalue weighted by Crippen LogP contribution is -2.36. The van der Waals surface area contributed by atoms with E-state index in [9.17, 15) is 4.79 Å². The van der Waals surface area contributed by atoms with Crippen molar-refractivity contribution >= 4 is 23.2 Å². The van der Waals surface area contributed by atoms with Crippen molar-refractivity contribution in [1.29, 1.82) is 0 Å². The van der Waals surface area contributed by atoms with Crippen molar-refractivity contribution in [3.8, 4) is 5.75 Å². The molecule has 0 atom stereocenters.